The number of halogens is 1. The molecule has 1 heterocycles. The summed E-state index contributed by atoms with van der Waals surface area (Å²) in [5.74, 6) is -1.45. The van der Waals surface area contributed by atoms with Gasteiger partial charge in [0, 0.05) is 6.07 Å². The van der Waals surface area contributed by atoms with E-state index in [1.54, 1.807) is 4.57 Å². The van der Waals surface area contributed by atoms with E-state index in [0.29, 0.717) is 10.8 Å². The number of ether oxygens (including phenoxy) is 1. The van der Waals surface area contributed by atoms with Gasteiger partial charge in [-0.05, 0) is 12.1 Å². The summed E-state index contributed by atoms with van der Waals surface area (Å²) in [6.45, 7) is 0. The van der Waals surface area contributed by atoms with E-state index >= 15 is 0 Å². The number of aliphatic carboxylic acids is 1. The van der Waals surface area contributed by atoms with E-state index < -0.39 is 11.8 Å². The van der Waals surface area contributed by atoms with E-state index in [2.05, 4.69) is 10.2 Å². The zero-order valence-electron chi connectivity index (χ0n) is 9.91. The number of carboxylic acid groups (broad SMARTS) is 1. The van der Waals surface area contributed by atoms with Crippen molar-refractivity contribution in [3.63, 3.8) is 0 Å². The van der Waals surface area contributed by atoms with Crippen LogP contribution in [-0.2, 0) is 4.79 Å². The third-order valence-corrected chi connectivity index (χ3v) is 3.18. The normalized spacial score (nSPS) is 10.4. The smallest absolute Gasteiger partial charge is 0.313 e. The Morgan fingerprint density at radius 1 is 1.58 bits per heavy atom. The van der Waals surface area contributed by atoms with Crippen LogP contribution in [0.15, 0.2) is 29.7 Å². The molecule has 0 unspecified atom stereocenters. The maximum atomic E-state index is 13.3. The molecule has 0 aliphatic carbocycles. The molecule has 2 rings (SSSR count). The molecule has 1 aromatic carbocycles. The van der Waals surface area contributed by atoms with Crippen LogP contribution in [0, 0.1) is 5.82 Å². The van der Waals surface area contributed by atoms with Gasteiger partial charge in [-0.3, -0.25) is 9.36 Å². The molecule has 100 valence electrons. The Morgan fingerprint density at radius 2 is 2.37 bits per heavy atom. The van der Waals surface area contributed by atoms with E-state index in [0.717, 1.165) is 11.8 Å². The Labute approximate surface area is 112 Å². The molecule has 0 fully saturated rings. The SMILES string of the molecule is COc1cc(-n2cnnc2SCC(=O)O)ccc1F. The molecule has 6 nitrogen and oxygen atoms in total. The van der Waals surface area contributed by atoms with Crippen molar-refractivity contribution >= 4 is 17.7 Å². The minimum Gasteiger partial charge on any atom is -0.494 e. The van der Waals surface area contributed by atoms with Gasteiger partial charge in [0.25, 0.3) is 0 Å². The van der Waals surface area contributed by atoms with Gasteiger partial charge in [0.15, 0.2) is 16.7 Å². The highest BCUT2D eigenvalue weighted by Crippen LogP contribution is 2.24. The van der Waals surface area contributed by atoms with Crippen molar-refractivity contribution in [2.24, 2.45) is 0 Å². The number of carboxylic acids is 1. The largest absolute Gasteiger partial charge is 0.494 e. The van der Waals surface area contributed by atoms with Gasteiger partial charge in [0.1, 0.15) is 6.33 Å². The number of aromatic nitrogens is 3. The van der Waals surface area contributed by atoms with Gasteiger partial charge in [-0.15, -0.1) is 10.2 Å². The molecule has 0 spiro atoms. The molecule has 0 bridgehead atoms. The van der Waals surface area contributed by atoms with Crippen molar-refractivity contribution < 1.29 is 19.0 Å². The quantitative estimate of drug-likeness (QED) is 0.840. The molecule has 0 saturated heterocycles. The molecule has 0 atom stereocenters. The highest BCUT2D eigenvalue weighted by atomic mass is 32.2. The molecule has 1 N–H and O–H groups in total. The molecule has 0 saturated carbocycles. The van der Waals surface area contributed by atoms with Crippen LogP contribution in [-0.4, -0.2) is 38.7 Å². The first-order valence-corrected chi connectivity index (χ1v) is 6.19. The van der Waals surface area contributed by atoms with Crippen molar-refractivity contribution in [3.05, 3.63) is 30.3 Å². The van der Waals surface area contributed by atoms with Crippen molar-refractivity contribution in [2.75, 3.05) is 12.9 Å². The van der Waals surface area contributed by atoms with E-state index in [1.807, 2.05) is 0 Å². The number of hydrogen-bond acceptors (Lipinski definition) is 5. The summed E-state index contributed by atoms with van der Waals surface area (Å²) in [6.07, 6.45) is 1.43. The zero-order chi connectivity index (χ0) is 13.8. The number of hydrogen-bond donors (Lipinski definition) is 1. The topological polar surface area (TPSA) is 77.2 Å². The van der Waals surface area contributed by atoms with Crippen molar-refractivity contribution in [3.8, 4) is 11.4 Å². The van der Waals surface area contributed by atoms with Crippen LogP contribution in [0.3, 0.4) is 0 Å². The van der Waals surface area contributed by atoms with Crippen LogP contribution >= 0.6 is 11.8 Å². The minimum atomic E-state index is -0.948. The lowest BCUT2D eigenvalue weighted by Gasteiger charge is -2.08. The van der Waals surface area contributed by atoms with Crippen LogP contribution in [0.4, 0.5) is 4.39 Å². The van der Waals surface area contributed by atoms with Crippen molar-refractivity contribution in [1.82, 2.24) is 14.8 Å². The van der Waals surface area contributed by atoms with E-state index in [1.165, 1.54) is 31.6 Å². The molecule has 8 heteroatoms. The molecule has 0 amide bonds. The summed E-state index contributed by atoms with van der Waals surface area (Å²) in [7, 11) is 1.37. The van der Waals surface area contributed by atoms with Crippen molar-refractivity contribution in [1.29, 1.82) is 0 Å². The highest BCUT2D eigenvalue weighted by Gasteiger charge is 2.11. The predicted octanol–water partition coefficient (Wildman–Crippen LogP) is 1.59. The summed E-state index contributed by atoms with van der Waals surface area (Å²) in [5, 5.41) is 16.6. The van der Waals surface area contributed by atoms with E-state index in [4.69, 9.17) is 9.84 Å². The summed E-state index contributed by atoms with van der Waals surface area (Å²) < 4.78 is 19.8. The van der Waals surface area contributed by atoms with Gasteiger partial charge in [-0.2, -0.15) is 0 Å². The van der Waals surface area contributed by atoms with E-state index in [9.17, 15) is 9.18 Å². The second-order valence-electron chi connectivity index (χ2n) is 3.48. The second-order valence-corrected chi connectivity index (χ2v) is 4.43. The number of carbonyl (C=O) groups is 1. The highest BCUT2D eigenvalue weighted by molar-refractivity contribution is 7.99. The fourth-order valence-electron chi connectivity index (χ4n) is 1.42. The van der Waals surface area contributed by atoms with Gasteiger partial charge in [0.2, 0.25) is 0 Å². The standard InChI is InChI=1S/C11H10FN3O3S/c1-18-9-4-7(2-3-8(9)12)15-6-13-14-11(15)19-5-10(16)17/h2-4,6H,5H2,1H3,(H,16,17). The van der Waals surface area contributed by atoms with Crippen LogP contribution < -0.4 is 4.74 Å². The van der Waals surface area contributed by atoms with Gasteiger partial charge in [-0.25, -0.2) is 4.39 Å². The predicted molar refractivity (Wildman–Crippen MR) is 66.2 cm³/mol. The monoisotopic (exact) mass is 283 g/mol. The third kappa shape index (κ3) is 3.02. The first-order chi connectivity index (χ1) is 9.11. The summed E-state index contributed by atoms with van der Waals surface area (Å²) in [4.78, 5) is 10.5. The number of thioether (sulfide) groups is 1. The van der Waals surface area contributed by atoms with E-state index in [-0.39, 0.29) is 11.5 Å². The molecule has 19 heavy (non-hydrogen) atoms. The van der Waals surface area contributed by atoms with Gasteiger partial charge in [0.05, 0.1) is 18.6 Å². The Hall–Kier alpha value is -2.09. The van der Waals surface area contributed by atoms with Crippen LogP contribution in [0.5, 0.6) is 5.75 Å². The Morgan fingerprint density at radius 3 is 3.05 bits per heavy atom. The second kappa shape index (κ2) is 5.70. The summed E-state index contributed by atoms with van der Waals surface area (Å²) >= 11 is 1.03. The maximum absolute atomic E-state index is 13.3. The number of methoxy groups -OCH3 is 1. The Kier molecular flexibility index (Phi) is 4.00. The van der Waals surface area contributed by atoms with Crippen LogP contribution in [0.1, 0.15) is 0 Å². The lowest BCUT2D eigenvalue weighted by atomic mass is 10.3. The average molecular weight is 283 g/mol. The fraction of sp³-hybridized carbons (Fsp3) is 0.182. The maximum Gasteiger partial charge on any atom is 0.313 e. The Balaban J connectivity index is 2.31. The molecular weight excluding hydrogens is 273 g/mol. The molecule has 0 aliphatic rings. The Bertz CT molecular complexity index is 603. The number of nitrogens with zero attached hydrogens (tertiary/aromatic N) is 3. The molecule has 1 aromatic heterocycles. The first-order valence-electron chi connectivity index (χ1n) is 5.20. The third-order valence-electron chi connectivity index (χ3n) is 2.25. The summed E-state index contributed by atoms with van der Waals surface area (Å²) in [6, 6.07) is 4.29. The first kappa shape index (κ1) is 13.3. The summed E-state index contributed by atoms with van der Waals surface area (Å²) in [5.41, 5.74) is 0.594. The minimum absolute atomic E-state index is 0.0976. The van der Waals surface area contributed by atoms with Gasteiger partial charge in [-0.1, -0.05) is 11.8 Å². The molecular formula is C11H10FN3O3S. The number of benzene rings is 1. The fourth-order valence-corrected chi connectivity index (χ4v) is 2.07. The van der Waals surface area contributed by atoms with Gasteiger partial charge >= 0.3 is 5.97 Å². The lowest BCUT2D eigenvalue weighted by molar-refractivity contribution is -0.133. The van der Waals surface area contributed by atoms with Crippen molar-refractivity contribution in [2.45, 2.75) is 5.16 Å². The van der Waals surface area contributed by atoms with Crippen LogP contribution in [0.2, 0.25) is 0 Å². The molecule has 0 radical (unpaired) electrons. The molecule has 2 aromatic rings. The zero-order valence-corrected chi connectivity index (χ0v) is 10.7. The lowest BCUT2D eigenvalue weighted by Crippen LogP contribution is -2.02. The van der Waals surface area contributed by atoms with Gasteiger partial charge < -0.3 is 9.84 Å². The van der Waals surface area contributed by atoms with Crippen LogP contribution in [0.25, 0.3) is 5.69 Å². The number of rotatable bonds is 5. The molecule has 0 aliphatic heterocycles. The average Bonchev–Trinajstić information content (AvgIpc) is 2.85.